The molecule has 0 aromatic carbocycles. The number of phosphoric ester groups is 1. The van der Waals surface area contributed by atoms with E-state index in [4.69, 9.17) is 29.9 Å². The fourth-order valence-electron chi connectivity index (χ4n) is 1.33. The van der Waals surface area contributed by atoms with Gasteiger partial charge in [-0.05, 0) is 70.6 Å². The lowest BCUT2D eigenvalue weighted by Crippen LogP contribution is -2.41. The van der Waals surface area contributed by atoms with E-state index in [0.29, 0.717) is 10.7 Å². The summed E-state index contributed by atoms with van der Waals surface area (Å²) in [6.45, 7) is 12.4. The summed E-state index contributed by atoms with van der Waals surface area (Å²) < 4.78 is 33.8. The Labute approximate surface area is 240 Å². The van der Waals surface area contributed by atoms with Gasteiger partial charge in [0.2, 0.25) is 6.29 Å². The molecule has 0 rings (SSSR count). The van der Waals surface area contributed by atoms with E-state index in [1.807, 2.05) is 27.7 Å². The van der Waals surface area contributed by atoms with E-state index in [1.165, 1.54) is 6.92 Å². The third kappa shape index (κ3) is 10.2. The lowest BCUT2D eigenvalue weighted by Gasteiger charge is -2.42. The second-order valence-corrected chi connectivity index (χ2v) is 17.5. The molecule has 31 heavy (non-hydrogen) atoms. The first kappa shape index (κ1) is 33.5. The van der Waals surface area contributed by atoms with E-state index in [-0.39, 0.29) is 17.9 Å². The van der Waals surface area contributed by atoms with E-state index >= 15 is 0 Å². The zero-order valence-corrected chi connectivity index (χ0v) is 28.8. The molecule has 0 heterocycles. The van der Waals surface area contributed by atoms with Crippen molar-refractivity contribution in [1.82, 2.24) is 0 Å². The maximum absolute atomic E-state index is 13.9. The molecule has 0 aliphatic carbocycles. The summed E-state index contributed by atoms with van der Waals surface area (Å²) in [5.74, 6) is -0.661. The van der Waals surface area contributed by atoms with Gasteiger partial charge in [-0.2, -0.15) is 0 Å². The van der Waals surface area contributed by atoms with Crippen molar-refractivity contribution in [2.45, 2.75) is 54.2 Å². The van der Waals surface area contributed by atoms with Crippen molar-refractivity contribution in [2.24, 2.45) is 10.8 Å². The number of carbonyl (C=O) groups is 1. The van der Waals surface area contributed by atoms with Crippen molar-refractivity contribution >= 4 is 121 Å². The standard InChI is InChI=1S/C17H26Br6ClO6P/c1-11(2)13(25)27-12(7-8-24)28-31(26,29-16(20,21)14(3,4)9-18)30-17(22,23)15(5,6)10-19/h12H,1,7-10H2,2-6H3. The van der Waals surface area contributed by atoms with Gasteiger partial charge in [0.25, 0.3) is 0 Å². The Morgan fingerprint density at radius 2 is 1.39 bits per heavy atom. The minimum absolute atomic E-state index is 0.0378. The Hall–Kier alpha value is 2.49. The number of rotatable bonds is 14. The minimum atomic E-state index is -4.45. The van der Waals surface area contributed by atoms with Crippen LogP contribution < -0.4 is 0 Å². The summed E-state index contributed by atoms with van der Waals surface area (Å²) in [6, 6.07) is 0. The molecule has 0 aliphatic rings. The Kier molecular flexibility index (Phi) is 14.2. The molecule has 0 saturated heterocycles. The van der Waals surface area contributed by atoms with Crippen molar-refractivity contribution in [3.8, 4) is 0 Å². The van der Waals surface area contributed by atoms with Crippen molar-refractivity contribution in [3.05, 3.63) is 12.2 Å². The lowest BCUT2D eigenvalue weighted by molar-refractivity contribution is -0.162. The highest BCUT2D eigenvalue weighted by atomic mass is 79.9. The molecule has 0 aromatic rings. The number of hydrogen-bond donors (Lipinski definition) is 0. The summed E-state index contributed by atoms with van der Waals surface area (Å²) in [5.41, 5.74) is -1.11. The quantitative estimate of drug-likeness (QED) is 0.0571. The van der Waals surface area contributed by atoms with Crippen LogP contribution in [-0.2, 0) is 27.7 Å². The number of halogens is 7. The van der Waals surface area contributed by atoms with Crippen LogP contribution in [0.1, 0.15) is 41.0 Å². The summed E-state index contributed by atoms with van der Waals surface area (Å²) >= 11 is 26.3. The number of ether oxygens (including phenoxy) is 1. The van der Waals surface area contributed by atoms with Gasteiger partial charge in [-0.15, -0.1) is 11.6 Å². The van der Waals surface area contributed by atoms with Gasteiger partial charge in [-0.25, -0.2) is 13.9 Å². The topological polar surface area (TPSA) is 71.1 Å². The van der Waals surface area contributed by atoms with E-state index in [9.17, 15) is 9.36 Å². The summed E-state index contributed by atoms with van der Waals surface area (Å²) in [6.07, 6.45) is -1.27. The Bertz CT molecular complexity index is 654. The van der Waals surface area contributed by atoms with Gasteiger partial charge in [0.1, 0.15) is 0 Å². The van der Waals surface area contributed by atoms with Crippen LogP contribution >= 0.6 is 115 Å². The van der Waals surface area contributed by atoms with Crippen molar-refractivity contribution in [3.63, 3.8) is 0 Å². The fourth-order valence-corrected chi connectivity index (χ4v) is 8.11. The molecule has 0 radical (unpaired) electrons. The molecule has 0 N–H and O–H groups in total. The predicted octanol–water partition coefficient (Wildman–Crippen LogP) is 8.95. The minimum Gasteiger partial charge on any atom is -0.432 e. The molecule has 0 saturated carbocycles. The SMILES string of the molecule is C=C(C)C(=O)OC(CCCl)OP(=O)(OC(Br)(Br)C(C)(C)CBr)OC(Br)(Br)C(C)(C)CBr. The van der Waals surface area contributed by atoms with E-state index in [1.54, 1.807) is 0 Å². The number of alkyl halides is 7. The van der Waals surface area contributed by atoms with Crippen LogP contribution in [0.15, 0.2) is 12.2 Å². The smallest absolute Gasteiger partial charge is 0.432 e. The van der Waals surface area contributed by atoms with Crippen LogP contribution in [0.4, 0.5) is 0 Å². The average Bonchev–Trinajstić information content (AvgIpc) is 2.59. The first-order chi connectivity index (χ1) is 13.8. The maximum atomic E-state index is 13.9. The Morgan fingerprint density at radius 1 is 1.00 bits per heavy atom. The molecule has 14 heteroatoms. The first-order valence-electron chi connectivity index (χ1n) is 8.79. The molecule has 0 spiro atoms. The van der Waals surface area contributed by atoms with Crippen molar-refractivity contribution < 1.29 is 27.7 Å². The Morgan fingerprint density at radius 3 is 1.68 bits per heavy atom. The zero-order valence-electron chi connectivity index (χ0n) is 17.7. The summed E-state index contributed by atoms with van der Waals surface area (Å²) in [4.78, 5) is 12.0. The lowest BCUT2D eigenvalue weighted by atomic mass is 9.98. The molecule has 0 fully saturated rings. The number of esters is 1. The van der Waals surface area contributed by atoms with Crippen LogP contribution in [0.3, 0.4) is 0 Å². The Balaban J connectivity index is 6.20. The summed E-state index contributed by atoms with van der Waals surface area (Å²) in [7, 11) is -4.45. The van der Waals surface area contributed by atoms with Gasteiger partial charge in [0, 0.05) is 39.4 Å². The van der Waals surface area contributed by atoms with Crippen LogP contribution in [0, 0.1) is 10.8 Å². The molecule has 0 aromatic heterocycles. The third-order valence-electron chi connectivity index (χ3n) is 3.88. The molecule has 0 aliphatic heterocycles. The fraction of sp³-hybridized carbons (Fsp3) is 0.824. The second-order valence-electron chi connectivity index (χ2n) is 7.90. The molecule has 6 nitrogen and oxygen atoms in total. The van der Waals surface area contributed by atoms with Crippen molar-refractivity contribution in [1.29, 1.82) is 0 Å². The highest BCUT2D eigenvalue weighted by Crippen LogP contribution is 2.66. The molecular weight excluding hydrogens is 846 g/mol. The van der Waals surface area contributed by atoms with E-state index in [2.05, 4.69) is 102 Å². The van der Waals surface area contributed by atoms with Crippen LogP contribution in [0.5, 0.6) is 0 Å². The summed E-state index contributed by atoms with van der Waals surface area (Å²) in [5, 5.41) is 0.930. The number of hydrogen-bond acceptors (Lipinski definition) is 6. The van der Waals surface area contributed by atoms with Gasteiger partial charge in [-0.3, -0.25) is 9.05 Å². The van der Waals surface area contributed by atoms with Gasteiger partial charge in [0.05, 0.1) is 0 Å². The largest absolute Gasteiger partial charge is 0.482 e. The van der Waals surface area contributed by atoms with Gasteiger partial charge < -0.3 is 4.74 Å². The second kappa shape index (κ2) is 13.2. The molecule has 1 atom stereocenters. The van der Waals surface area contributed by atoms with Crippen LogP contribution in [0.25, 0.3) is 0 Å². The van der Waals surface area contributed by atoms with Crippen LogP contribution in [0.2, 0.25) is 0 Å². The average molecular weight is 872 g/mol. The van der Waals surface area contributed by atoms with Gasteiger partial charge in [-0.1, -0.05) is 66.1 Å². The zero-order chi connectivity index (χ0) is 24.9. The first-order valence-corrected chi connectivity index (χ1v) is 16.2. The monoisotopic (exact) mass is 866 g/mol. The highest BCUT2D eigenvalue weighted by Gasteiger charge is 2.54. The normalized spacial score (nSPS) is 15.0. The van der Waals surface area contributed by atoms with Crippen LogP contribution in [-0.4, -0.2) is 35.6 Å². The van der Waals surface area contributed by atoms with Gasteiger partial charge in [0.15, 0.2) is 6.84 Å². The maximum Gasteiger partial charge on any atom is 0.482 e. The third-order valence-corrected chi connectivity index (χ3v) is 14.3. The molecule has 184 valence electrons. The van der Waals surface area contributed by atoms with E-state index in [0.717, 1.165) is 0 Å². The molecule has 0 amide bonds. The highest BCUT2D eigenvalue weighted by molar-refractivity contribution is 9.25. The molecule has 0 bridgehead atoms. The predicted molar refractivity (Wildman–Crippen MR) is 147 cm³/mol. The van der Waals surface area contributed by atoms with Gasteiger partial charge >= 0.3 is 13.8 Å². The molecule has 1 unspecified atom stereocenters. The number of phosphoric acid groups is 1. The number of carbonyl (C=O) groups excluding carboxylic acids is 1. The molecular formula is C17H26Br6ClO6P. The van der Waals surface area contributed by atoms with Crippen molar-refractivity contribution in [2.75, 3.05) is 16.5 Å². The van der Waals surface area contributed by atoms with E-state index < -0.39 is 37.8 Å².